The van der Waals surface area contributed by atoms with E-state index in [0.717, 1.165) is 38.2 Å². The van der Waals surface area contributed by atoms with Gasteiger partial charge in [-0.2, -0.15) is 0 Å². The Hall–Kier alpha value is -2.82. The van der Waals surface area contributed by atoms with Crippen molar-refractivity contribution in [1.29, 1.82) is 0 Å². The van der Waals surface area contributed by atoms with Crippen LogP contribution in [0.1, 0.15) is 49.9 Å². The zero-order valence-corrected chi connectivity index (χ0v) is 17.8. The number of para-hydroxylation sites is 1. The van der Waals surface area contributed by atoms with Crippen LogP contribution < -0.4 is 5.56 Å². The Morgan fingerprint density at radius 1 is 1.07 bits per heavy atom. The molecular formula is C25H29N3O2. The minimum absolute atomic E-state index is 0.0866. The average Bonchev–Trinajstić information content (AvgIpc) is 3.12. The third kappa shape index (κ3) is 3.26. The van der Waals surface area contributed by atoms with Crippen LogP contribution in [0.2, 0.25) is 0 Å². The van der Waals surface area contributed by atoms with E-state index in [1.54, 1.807) is 6.07 Å². The standard InChI is InChI=1S/C25H29N3O2/c1-17(2)27-16-19(21-6-3-4-7-23(21)27)10-11-24(29)26-13-18-12-20(15-26)22-8-5-9-25(30)28(22)14-18/h3-9,16-18,20H,10-15H2,1-2H3/t18-,20+/m0/s1. The van der Waals surface area contributed by atoms with E-state index in [2.05, 4.69) is 54.9 Å². The molecular weight excluding hydrogens is 374 g/mol. The van der Waals surface area contributed by atoms with E-state index in [1.807, 2.05) is 15.5 Å². The first kappa shape index (κ1) is 19.2. The molecule has 0 unspecified atom stereocenters. The Bertz CT molecular complexity index is 1160. The number of carbonyl (C=O) groups is 1. The summed E-state index contributed by atoms with van der Waals surface area (Å²) in [6.45, 7) is 6.61. The number of likely N-dealkylation sites (tertiary alicyclic amines) is 1. The number of piperidine rings is 1. The van der Waals surface area contributed by atoms with Crippen LogP contribution in [0.5, 0.6) is 0 Å². The van der Waals surface area contributed by atoms with E-state index in [9.17, 15) is 9.59 Å². The van der Waals surface area contributed by atoms with Crippen molar-refractivity contribution in [1.82, 2.24) is 14.0 Å². The van der Waals surface area contributed by atoms with Gasteiger partial charge in [0.2, 0.25) is 5.91 Å². The van der Waals surface area contributed by atoms with Gasteiger partial charge in [-0.25, -0.2) is 0 Å². The van der Waals surface area contributed by atoms with E-state index in [0.29, 0.717) is 18.4 Å². The molecule has 3 aromatic rings. The highest BCUT2D eigenvalue weighted by molar-refractivity contribution is 5.85. The normalized spacial score (nSPS) is 20.6. The molecule has 2 aromatic heterocycles. The molecule has 1 amide bonds. The SMILES string of the molecule is CC(C)n1cc(CCC(=O)N2C[C@@H]3C[C@H](C2)c2cccc(=O)n2C3)c2ccccc21. The van der Waals surface area contributed by atoms with Gasteiger partial charge in [-0.1, -0.05) is 24.3 Å². The number of hydrogen-bond donors (Lipinski definition) is 0. The fourth-order valence-electron chi connectivity index (χ4n) is 5.40. The second-order valence-corrected chi connectivity index (χ2v) is 9.17. The molecule has 0 aliphatic carbocycles. The molecule has 5 rings (SSSR count). The maximum absolute atomic E-state index is 13.1. The monoisotopic (exact) mass is 403 g/mol. The van der Waals surface area contributed by atoms with Gasteiger partial charge >= 0.3 is 0 Å². The summed E-state index contributed by atoms with van der Waals surface area (Å²) >= 11 is 0. The van der Waals surface area contributed by atoms with Crippen LogP contribution in [0.25, 0.3) is 10.9 Å². The summed E-state index contributed by atoms with van der Waals surface area (Å²) in [6, 6.07) is 14.4. The van der Waals surface area contributed by atoms with Crippen molar-refractivity contribution in [2.75, 3.05) is 13.1 Å². The van der Waals surface area contributed by atoms with E-state index in [-0.39, 0.29) is 17.4 Å². The zero-order chi connectivity index (χ0) is 20.8. The van der Waals surface area contributed by atoms with Gasteiger partial charge < -0.3 is 14.0 Å². The Morgan fingerprint density at radius 2 is 1.90 bits per heavy atom. The number of carbonyl (C=O) groups excluding carboxylic acids is 1. The van der Waals surface area contributed by atoms with E-state index in [4.69, 9.17) is 0 Å². The number of hydrogen-bond acceptors (Lipinski definition) is 2. The zero-order valence-electron chi connectivity index (χ0n) is 17.8. The number of nitrogens with zero attached hydrogens (tertiary/aromatic N) is 3. The topological polar surface area (TPSA) is 47.2 Å². The molecule has 5 nitrogen and oxygen atoms in total. The molecule has 1 saturated heterocycles. The van der Waals surface area contributed by atoms with Crippen molar-refractivity contribution in [3.63, 3.8) is 0 Å². The summed E-state index contributed by atoms with van der Waals surface area (Å²) in [5.74, 6) is 0.888. The van der Waals surface area contributed by atoms with Gasteiger partial charge in [0.1, 0.15) is 0 Å². The molecule has 2 bridgehead atoms. The summed E-state index contributed by atoms with van der Waals surface area (Å²) in [4.78, 5) is 27.4. The summed E-state index contributed by atoms with van der Waals surface area (Å²) in [6.07, 6.45) is 4.60. The number of rotatable bonds is 4. The van der Waals surface area contributed by atoms with Crippen LogP contribution in [0, 0.1) is 5.92 Å². The molecule has 0 radical (unpaired) electrons. The second-order valence-electron chi connectivity index (χ2n) is 9.17. The predicted octanol–water partition coefficient (Wildman–Crippen LogP) is 3.96. The van der Waals surface area contributed by atoms with Gasteiger partial charge in [0.15, 0.2) is 0 Å². The predicted molar refractivity (Wildman–Crippen MR) is 119 cm³/mol. The Balaban J connectivity index is 1.32. The van der Waals surface area contributed by atoms with Gasteiger partial charge in [0.05, 0.1) is 0 Å². The molecule has 4 heterocycles. The van der Waals surface area contributed by atoms with E-state index >= 15 is 0 Å². The molecule has 30 heavy (non-hydrogen) atoms. The van der Waals surface area contributed by atoms with Crippen molar-refractivity contribution in [3.05, 3.63) is 70.3 Å². The van der Waals surface area contributed by atoms with Crippen LogP contribution in [-0.4, -0.2) is 33.0 Å². The lowest BCUT2D eigenvalue weighted by Crippen LogP contribution is -2.49. The number of aryl methyl sites for hydroxylation is 1. The molecule has 0 saturated carbocycles. The second kappa shape index (κ2) is 7.46. The number of aromatic nitrogens is 2. The van der Waals surface area contributed by atoms with Gasteiger partial charge in [0.25, 0.3) is 5.56 Å². The van der Waals surface area contributed by atoms with Crippen LogP contribution in [0.15, 0.2) is 53.5 Å². The third-order valence-corrected chi connectivity index (χ3v) is 6.82. The van der Waals surface area contributed by atoms with E-state index in [1.165, 1.54) is 16.5 Å². The van der Waals surface area contributed by atoms with Crippen LogP contribution in [-0.2, 0) is 17.8 Å². The fraction of sp³-hybridized carbons (Fsp3) is 0.440. The fourth-order valence-corrected chi connectivity index (χ4v) is 5.40. The van der Waals surface area contributed by atoms with Crippen molar-refractivity contribution >= 4 is 16.8 Å². The Kier molecular flexibility index (Phi) is 4.76. The summed E-state index contributed by atoms with van der Waals surface area (Å²) in [5.41, 5.74) is 3.67. The van der Waals surface area contributed by atoms with Gasteiger partial charge in [-0.05, 0) is 50.3 Å². The number of pyridine rings is 1. The lowest BCUT2D eigenvalue weighted by atomic mass is 9.83. The average molecular weight is 404 g/mol. The minimum atomic E-state index is 0.0866. The van der Waals surface area contributed by atoms with Gasteiger partial charge in [0, 0.05) is 66.9 Å². The minimum Gasteiger partial charge on any atom is -0.345 e. The molecule has 1 aromatic carbocycles. The van der Waals surface area contributed by atoms with Gasteiger partial charge in [-0.3, -0.25) is 9.59 Å². The molecule has 2 aliphatic rings. The first-order valence-corrected chi connectivity index (χ1v) is 11.1. The quantitative estimate of drug-likeness (QED) is 0.662. The van der Waals surface area contributed by atoms with Gasteiger partial charge in [-0.15, -0.1) is 0 Å². The van der Waals surface area contributed by atoms with E-state index < -0.39 is 0 Å². The van der Waals surface area contributed by atoms with Crippen LogP contribution in [0.4, 0.5) is 0 Å². The molecule has 0 N–H and O–H groups in total. The first-order valence-electron chi connectivity index (χ1n) is 11.1. The smallest absolute Gasteiger partial charge is 0.250 e. The highest BCUT2D eigenvalue weighted by Gasteiger charge is 2.36. The number of amides is 1. The maximum atomic E-state index is 13.1. The van der Waals surface area contributed by atoms with Crippen molar-refractivity contribution < 1.29 is 4.79 Å². The molecule has 5 heteroatoms. The Morgan fingerprint density at radius 3 is 2.73 bits per heavy atom. The third-order valence-electron chi connectivity index (χ3n) is 6.82. The van der Waals surface area contributed by atoms with Crippen molar-refractivity contribution in [2.45, 2.75) is 51.6 Å². The number of benzene rings is 1. The molecule has 2 atom stereocenters. The van der Waals surface area contributed by atoms with Crippen molar-refractivity contribution in [3.8, 4) is 0 Å². The lowest BCUT2D eigenvalue weighted by Gasteiger charge is -2.42. The first-order chi connectivity index (χ1) is 14.5. The van der Waals surface area contributed by atoms with Crippen LogP contribution in [0.3, 0.4) is 0 Å². The highest BCUT2D eigenvalue weighted by Crippen LogP contribution is 2.35. The lowest BCUT2D eigenvalue weighted by molar-refractivity contribution is -0.133. The number of fused-ring (bicyclic) bond motifs is 5. The molecule has 0 spiro atoms. The summed E-state index contributed by atoms with van der Waals surface area (Å²) in [5, 5.41) is 1.25. The summed E-state index contributed by atoms with van der Waals surface area (Å²) in [7, 11) is 0. The molecule has 156 valence electrons. The van der Waals surface area contributed by atoms with Crippen LogP contribution >= 0.6 is 0 Å². The molecule has 1 fully saturated rings. The maximum Gasteiger partial charge on any atom is 0.250 e. The Labute approximate surface area is 176 Å². The molecule has 2 aliphatic heterocycles. The highest BCUT2D eigenvalue weighted by atomic mass is 16.2. The summed E-state index contributed by atoms with van der Waals surface area (Å²) < 4.78 is 4.22. The largest absolute Gasteiger partial charge is 0.345 e. The van der Waals surface area contributed by atoms with Crippen molar-refractivity contribution in [2.24, 2.45) is 5.92 Å².